The third kappa shape index (κ3) is 7.30. The van der Waals surface area contributed by atoms with Gasteiger partial charge in [0.2, 0.25) is 0 Å². The second kappa shape index (κ2) is 11.1. The van der Waals surface area contributed by atoms with Gasteiger partial charge in [-0.1, -0.05) is 51.9 Å². The van der Waals surface area contributed by atoms with Crippen LogP contribution in [-0.4, -0.2) is 26.0 Å². The van der Waals surface area contributed by atoms with E-state index in [-0.39, 0.29) is 17.7 Å². The number of rotatable bonds is 10. The van der Waals surface area contributed by atoms with Crippen LogP contribution >= 0.6 is 0 Å². The molecule has 106 valence electrons. The van der Waals surface area contributed by atoms with Crippen molar-refractivity contribution in [3.8, 4) is 0 Å². The standard InChI is InChI=1S/C14H28N2O2/c1-4-5-6-7-8-9-10-11-12(13(15)17-2)14(16)18-3/h12,15-16H,4-11H2,1-3H3. The molecule has 0 saturated heterocycles. The fourth-order valence-corrected chi connectivity index (χ4v) is 1.97. The summed E-state index contributed by atoms with van der Waals surface area (Å²) in [6, 6.07) is 0. The molecule has 0 fully saturated rings. The second-order valence-corrected chi connectivity index (χ2v) is 4.60. The third-order valence-electron chi connectivity index (χ3n) is 3.17. The summed E-state index contributed by atoms with van der Waals surface area (Å²) >= 11 is 0. The molecule has 4 nitrogen and oxygen atoms in total. The topological polar surface area (TPSA) is 66.2 Å². The van der Waals surface area contributed by atoms with Gasteiger partial charge in [-0.05, 0) is 6.42 Å². The van der Waals surface area contributed by atoms with E-state index < -0.39 is 0 Å². The van der Waals surface area contributed by atoms with Gasteiger partial charge in [-0.15, -0.1) is 0 Å². The van der Waals surface area contributed by atoms with Crippen LogP contribution in [0.15, 0.2) is 0 Å². The van der Waals surface area contributed by atoms with Crippen molar-refractivity contribution in [1.29, 1.82) is 10.8 Å². The van der Waals surface area contributed by atoms with Gasteiger partial charge in [-0.25, -0.2) is 0 Å². The molecule has 0 rings (SSSR count). The molecule has 0 atom stereocenters. The maximum atomic E-state index is 7.66. The zero-order chi connectivity index (χ0) is 13.8. The predicted octanol–water partition coefficient (Wildman–Crippen LogP) is 3.99. The maximum Gasteiger partial charge on any atom is 0.192 e. The van der Waals surface area contributed by atoms with Crippen LogP contribution in [0.3, 0.4) is 0 Å². The van der Waals surface area contributed by atoms with Crippen LogP contribution in [0, 0.1) is 16.7 Å². The van der Waals surface area contributed by atoms with Crippen molar-refractivity contribution < 1.29 is 9.47 Å². The summed E-state index contributed by atoms with van der Waals surface area (Å²) in [5.41, 5.74) is 0. The Morgan fingerprint density at radius 2 is 1.28 bits per heavy atom. The lowest BCUT2D eigenvalue weighted by molar-refractivity contribution is 0.332. The van der Waals surface area contributed by atoms with Crippen molar-refractivity contribution in [2.24, 2.45) is 5.92 Å². The Labute approximate surface area is 111 Å². The van der Waals surface area contributed by atoms with Crippen LogP contribution in [0.1, 0.15) is 58.3 Å². The van der Waals surface area contributed by atoms with Crippen LogP contribution in [0.4, 0.5) is 0 Å². The van der Waals surface area contributed by atoms with Crippen molar-refractivity contribution >= 4 is 11.8 Å². The number of methoxy groups -OCH3 is 2. The number of hydrogen-bond donors (Lipinski definition) is 2. The van der Waals surface area contributed by atoms with Crippen LogP contribution in [0.5, 0.6) is 0 Å². The molecule has 0 spiro atoms. The van der Waals surface area contributed by atoms with E-state index in [9.17, 15) is 0 Å². The molecule has 0 amide bonds. The predicted molar refractivity (Wildman–Crippen MR) is 75.6 cm³/mol. The number of unbranched alkanes of at least 4 members (excludes halogenated alkanes) is 6. The molecule has 0 heterocycles. The summed E-state index contributed by atoms with van der Waals surface area (Å²) in [4.78, 5) is 0. The highest BCUT2D eigenvalue weighted by Gasteiger charge is 2.21. The lowest BCUT2D eigenvalue weighted by Crippen LogP contribution is -2.25. The van der Waals surface area contributed by atoms with Gasteiger partial charge >= 0.3 is 0 Å². The summed E-state index contributed by atoms with van der Waals surface area (Å²) in [5, 5.41) is 15.3. The second-order valence-electron chi connectivity index (χ2n) is 4.60. The van der Waals surface area contributed by atoms with Crippen molar-refractivity contribution in [3.63, 3.8) is 0 Å². The van der Waals surface area contributed by atoms with Crippen LogP contribution in [-0.2, 0) is 9.47 Å². The molecule has 0 aliphatic rings. The number of hydrogen-bond acceptors (Lipinski definition) is 4. The third-order valence-corrected chi connectivity index (χ3v) is 3.17. The Morgan fingerprint density at radius 1 is 0.833 bits per heavy atom. The first kappa shape index (κ1) is 16.9. The average Bonchev–Trinajstić information content (AvgIpc) is 2.40. The van der Waals surface area contributed by atoms with Crippen LogP contribution in [0.25, 0.3) is 0 Å². The molecular formula is C14H28N2O2. The Kier molecular flexibility index (Phi) is 10.4. The smallest absolute Gasteiger partial charge is 0.192 e. The minimum absolute atomic E-state index is 0.132. The van der Waals surface area contributed by atoms with Crippen LogP contribution < -0.4 is 0 Å². The Morgan fingerprint density at radius 3 is 1.72 bits per heavy atom. The summed E-state index contributed by atoms with van der Waals surface area (Å²) in [5.74, 6) is -0.0451. The first-order chi connectivity index (χ1) is 8.67. The van der Waals surface area contributed by atoms with Crippen molar-refractivity contribution in [1.82, 2.24) is 0 Å². The van der Waals surface area contributed by atoms with Gasteiger partial charge in [0.15, 0.2) is 11.8 Å². The fraction of sp³-hybridized carbons (Fsp3) is 0.857. The fourth-order valence-electron chi connectivity index (χ4n) is 1.97. The van der Waals surface area contributed by atoms with Gasteiger partial charge in [0.1, 0.15) is 5.92 Å². The summed E-state index contributed by atoms with van der Waals surface area (Å²) in [7, 11) is 2.95. The number of nitrogens with one attached hydrogen (secondary N) is 2. The van der Waals surface area contributed by atoms with Crippen molar-refractivity contribution in [2.75, 3.05) is 14.2 Å². The molecule has 0 bridgehead atoms. The molecule has 0 aromatic heterocycles. The zero-order valence-electron chi connectivity index (χ0n) is 12.1. The Balaban J connectivity index is 3.77. The molecule has 0 saturated carbocycles. The molecule has 0 aromatic carbocycles. The van der Waals surface area contributed by atoms with Gasteiger partial charge in [0, 0.05) is 0 Å². The summed E-state index contributed by atoms with van der Waals surface area (Å²) in [6.07, 6.45) is 9.41. The molecule has 4 heteroatoms. The van der Waals surface area contributed by atoms with E-state index >= 15 is 0 Å². The van der Waals surface area contributed by atoms with Gasteiger partial charge in [-0.2, -0.15) is 0 Å². The largest absolute Gasteiger partial charge is 0.484 e. The SMILES string of the molecule is CCCCCCCCCC(C(=N)OC)C(=N)OC. The van der Waals surface area contributed by atoms with E-state index in [2.05, 4.69) is 6.92 Å². The van der Waals surface area contributed by atoms with Crippen molar-refractivity contribution in [2.45, 2.75) is 58.3 Å². The highest BCUT2D eigenvalue weighted by molar-refractivity contribution is 5.97. The Hall–Kier alpha value is -1.06. The summed E-state index contributed by atoms with van der Waals surface area (Å²) < 4.78 is 9.82. The molecule has 18 heavy (non-hydrogen) atoms. The zero-order valence-corrected chi connectivity index (χ0v) is 12.1. The first-order valence-electron chi connectivity index (χ1n) is 6.92. The van der Waals surface area contributed by atoms with E-state index in [4.69, 9.17) is 20.3 Å². The quantitative estimate of drug-likeness (QED) is 0.352. The molecule has 0 unspecified atom stereocenters. The van der Waals surface area contributed by atoms with E-state index in [0.29, 0.717) is 0 Å². The van der Waals surface area contributed by atoms with Crippen molar-refractivity contribution in [3.05, 3.63) is 0 Å². The average molecular weight is 256 g/mol. The highest BCUT2D eigenvalue weighted by atomic mass is 16.5. The minimum Gasteiger partial charge on any atom is -0.484 e. The van der Waals surface area contributed by atoms with E-state index in [0.717, 1.165) is 19.3 Å². The van der Waals surface area contributed by atoms with Gasteiger partial charge in [0.05, 0.1) is 14.2 Å². The first-order valence-corrected chi connectivity index (χ1v) is 6.92. The lowest BCUT2D eigenvalue weighted by atomic mass is 9.99. The lowest BCUT2D eigenvalue weighted by Gasteiger charge is -2.16. The monoisotopic (exact) mass is 256 g/mol. The normalized spacial score (nSPS) is 11.9. The summed E-state index contributed by atoms with van der Waals surface area (Å²) in [6.45, 7) is 2.22. The van der Waals surface area contributed by atoms with Gasteiger partial charge < -0.3 is 9.47 Å². The van der Waals surface area contributed by atoms with Crippen LogP contribution in [0.2, 0.25) is 0 Å². The molecule has 0 aliphatic heterocycles. The van der Waals surface area contributed by atoms with E-state index in [1.54, 1.807) is 0 Å². The molecule has 0 aliphatic carbocycles. The molecule has 2 N–H and O–H groups in total. The van der Waals surface area contributed by atoms with Gasteiger partial charge in [-0.3, -0.25) is 10.8 Å². The molecular weight excluding hydrogens is 228 g/mol. The Bertz CT molecular complexity index is 226. The molecule has 0 aromatic rings. The minimum atomic E-state index is -0.310. The van der Waals surface area contributed by atoms with Gasteiger partial charge in [0.25, 0.3) is 0 Å². The van der Waals surface area contributed by atoms with E-state index in [1.807, 2.05) is 0 Å². The molecule has 0 radical (unpaired) electrons. The highest BCUT2D eigenvalue weighted by Crippen LogP contribution is 2.15. The van der Waals surface area contributed by atoms with E-state index in [1.165, 1.54) is 46.3 Å². The maximum absolute atomic E-state index is 7.66. The number of ether oxygens (including phenoxy) is 2.